The largest absolute Gasteiger partial charge is 0.464 e. The van der Waals surface area contributed by atoms with Crippen LogP contribution in [0, 0.1) is 5.92 Å². The van der Waals surface area contributed by atoms with E-state index in [2.05, 4.69) is 18.7 Å². The highest BCUT2D eigenvalue weighted by molar-refractivity contribution is 5.85. The minimum absolute atomic E-state index is 0. The number of nitrogens with zero attached hydrogens (tertiary/aromatic N) is 1. The highest BCUT2D eigenvalue weighted by atomic mass is 35.5. The molecule has 21 heavy (non-hydrogen) atoms. The number of rotatable bonds is 5. The first kappa shape index (κ1) is 18.0. The molecule has 1 fully saturated rings. The summed E-state index contributed by atoms with van der Waals surface area (Å²) in [5.74, 6) is 0.267. The van der Waals surface area contributed by atoms with Gasteiger partial charge in [0.15, 0.2) is 0 Å². The molecule has 3 nitrogen and oxygen atoms in total. The highest BCUT2D eigenvalue weighted by Gasteiger charge is 2.29. The standard InChI is InChI=1S/C17H25NO2.ClH/c1-14(2)13-20-17(19)16(15-9-5-3-6-10-15)18-11-7-4-8-12-18;/h3,5-6,9-10,14,16H,4,7-8,11-13H2,1-2H3;1H. The first-order valence-electron chi connectivity index (χ1n) is 7.64. The van der Waals surface area contributed by atoms with Crippen LogP contribution >= 0.6 is 12.4 Å². The molecule has 1 saturated heterocycles. The van der Waals surface area contributed by atoms with Gasteiger partial charge in [0.1, 0.15) is 6.04 Å². The Labute approximate surface area is 134 Å². The van der Waals surface area contributed by atoms with E-state index in [1.807, 2.05) is 30.3 Å². The molecule has 1 atom stereocenters. The minimum atomic E-state index is -0.241. The lowest BCUT2D eigenvalue weighted by Gasteiger charge is -2.33. The van der Waals surface area contributed by atoms with Crippen molar-refractivity contribution in [2.24, 2.45) is 5.92 Å². The van der Waals surface area contributed by atoms with E-state index in [1.54, 1.807) is 0 Å². The van der Waals surface area contributed by atoms with E-state index >= 15 is 0 Å². The van der Waals surface area contributed by atoms with Crippen LogP contribution in [0.2, 0.25) is 0 Å². The second-order valence-electron chi connectivity index (χ2n) is 5.93. The highest BCUT2D eigenvalue weighted by Crippen LogP contribution is 2.26. The number of benzene rings is 1. The molecule has 118 valence electrons. The summed E-state index contributed by atoms with van der Waals surface area (Å²) in [6, 6.07) is 9.77. The summed E-state index contributed by atoms with van der Waals surface area (Å²) >= 11 is 0. The van der Waals surface area contributed by atoms with E-state index < -0.39 is 0 Å². The van der Waals surface area contributed by atoms with Crippen molar-refractivity contribution < 1.29 is 9.53 Å². The number of carbonyl (C=O) groups excluding carboxylic acids is 1. The number of esters is 1. The molecule has 0 bridgehead atoms. The molecule has 0 radical (unpaired) electrons. The summed E-state index contributed by atoms with van der Waals surface area (Å²) in [7, 11) is 0. The molecule has 4 heteroatoms. The summed E-state index contributed by atoms with van der Waals surface area (Å²) in [6.07, 6.45) is 3.60. The van der Waals surface area contributed by atoms with Gasteiger partial charge in [0, 0.05) is 0 Å². The third kappa shape index (κ3) is 5.33. The molecule has 0 amide bonds. The van der Waals surface area contributed by atoms with E-state index in [-0.39, 0.29) is 24.4 Å². The van der Waals surface area contributed by atoms with E-state index in [0.717, 1.165) is 18.7 Å². The fourth-order valence-electron chi connectivity index (χ4n) is 2.64. The Morgan fingerprint density at radius 2 is 1.76 bits per heavy atom. The van der Waals surface area contributed by atoms with E-state index in [9.17, 15) is 4.79 Å². The van der Waals surface area contributed by atoms with Gasteiger partial charge in [0.05, 0.1) is 6.61 Å². The van der Waals surface area contributed by atoms with Gasteiger partial charge in [-0.25, -0.2) is 4.79 Å². The van der Waals surface area contributed by atoms with Crippen LogP contribution in [0.4, 0.5) is 0 Å². The average molecular weight is 312 g/mol. The lowest BCUT2D eigenvalue weighted by molar-refractivity contribution is -0.152. The molecule has 0 saturated carbocycles. The Bertz CT molecular complexity index is 416. The molecular formula is C17H26ClNO2. The van der Waals surface area contributed by atoms with Gasteiger partial charge >= 0.3 is 5.97 Å². The number of halogens is 1. The summed E-state index contributed by atoms with van der Waals surface area (Å²) in [5, 5.41) is 0. The Morgan fingerprint density at radius 3 is 2.33 bits per heavy atom. The van der Waals surface area contributed by atoms with Crippen molar-refractivity contribution in [2.75, 3.05) is 19.7 Å². The van der Waals surface area contributed by atoms with Crippen molar-refractivity contribution >= 4 is 18.4 Å². The van der Waals surface area contributed by atoms with Crippen LogP contribution in [0.1, 0.15) is 44.7 Å². The Kier molecular flexibility index (Phi) is 7.76. The maximum Gasteiger partial charge on any atom is 0.328 e. The van der Waals surface area contributed by atoms with Crippen LogP contribution in [-0.2, 0) is 9.53 Å². The monoisotopic (exact) mass is 311 g/mol. The van der Waals surface area contributed by atoms with E-state index in [0.29, 0.717) is 12.5 Å². The first-order chi connectivity index (χ1) is 9.68. The predicted molar refractivity (Wildman–Crippen MR) is 87.7 cm³/mol. The molecule has 0 aliphatic carbocycles. The van der Waals surface area contributed by atoms with Gasteiger partial charge in [-0.05, 0) is 37.4 Å². The quantitative estimate of drug-likeness (QED) is 0.774. The zero-order valence-corrected chi connectivity index (χ0v) is 13.8. The second-order valence-corrected chi connectivity index (χ2v) is 5.93. The SMILES string of the molecule is CC(C)COC(=O)C(c1ccccc1)N1CCCCC1.Cl. The first-order valence-corrected chi connectivity index (χ1v) is 7.64. The van der Waals surface area contributed by atoms with Crippen molar-refractivity contribution in [3.05, 3.63) is 35.9 Å². The fraction of sp³-hybridized carbons (Fsp3) is 0.588. The van der Waals surface area contributed by atoms with Crippen LogP contribution in [0.3, 0.4) is 0 Å². The van der Waals surface area contributed by atoms with Crippen molar-refractivity contribution in [3.8, 4) is 0 Å². The fourth-order valence-corrected chi connectivity index (χ4v) is 2.64. The number of likely N-dealkylation sites (tertiary alicyclic amines) is 1. The molecule has 0 N–H and O–H groups in total. The number of hydrogen-bond donors (Lipinski definition) is 0. The number of hydrogen-bond acceptors (Lipinski definition) is 3. The van der Waals surface area contributed by atoms with Gasteiger partial charge in [-0.1, -0.05) is 50.6 Å². The maximum absolute atomic E-state index is 12.5. The lowest BCUT2D eigenvalue weighted by atomic mass is 10.0. The van der Waals surface area contributed by atoms with Gasteiger partial charge in [0.2, 0.25) is 0 Å². The Balaban J connectivity index is 0.00000220. The summed E-state index contributed by atoms with van der Waals surface area (Å²) in [6.45, 7) is 6.58. The number of carbonyl (C=O) groups is 1. The van der Waals surface area contributed by atoms with Crippen LogP contribution < -0.4 is 0 Å². The molecule has 1 unspecified atom stereocenters. The molecule has 0 aromatic heterocycles. The second kappa shape index (κ2) is 9.06. The molecule has 1 aliphatic heterocycles. The van der Waals surface area contributed by atoms with Crippen molar-refractivity contribution in [1.29, 1.82) is 0 Å². The minimum Gasteiger partial charge on any atom is -0.464 e. The summed E-state index contributed by atoms with van der Waals surface area (Å²) in [4.78, 5) is 14.7. The van der Waals surface area contributed by atoms with E-state index in [4.69, 9.17) is 4.74 Å². The van der Waals surface area contributed by atoms with Gasteiger partial charge in [0.25, 0.3) is 0 Å². The molecule has 0 spiro atoms. The number of piperidine rings is 1. The van der Waals surface area contributed by atoms with Crippen LogP contribution in [0.5, 0.6) is 0 Å². The average Bonchev–Trinajstić information content (AvgIpc) is 2.48. The molecule has 2 rings (SSSR count). The molecule has 1 aromatic carbocycles. The topological polar surface area (TPSA) is 29.5 Å². The van der Waals surface area contributed by atoms with Crippen molar-refractivity contribution in [3.63, 3.8) is 0 Å². The van der Waals surface area contributed by atoms with Crippen LogP contribution in [-0.4, -0.2) is 30.6 Å². The molecule has 1 heterocycles. The maximum atomic E-state index is 12.5. The summed E-state index contributed by atoms with van der Waals surface area (Å²) < 4.78 is 5.49. The zero-order valence-electron chi connectivity index (χ0n) is 13.0. The third-order valence-corrected chi connectivity index (χ3v) is 3.65. The summed E-state index contributed by atoms with van der Waals surface area (Å²) in [5.41, 5.74) is 1.04. The Hall–Kier alpha value is -1.06. The van der Waals surface area contributed by atoms with Crippen LogP contribution in [0.15, 0.2) is 30.3 Å². The smallest absolute Gasteiger partial charge is 0.328 e. The molecular weight excluding hydrogens is 286 g/mol. The zero-order chi connectivity index (χ0) is 14.4. The predicted octanol–water partition coefficient (Wildman–Crippen LogP) is 3.83. The van der Waals surface area contributed by atoms with Crippen molar-refractivity contribution in [1.82, 2.24) is 4.90 Å². The molecule has 1 aliphatic rings. The van der Waals surface area contributed by atoms with Gasteiger partial charge in [-0.3, -0.25) is 4.90 Å². The van der Waals surface area contributed by atoms with Crippen LogP contribution in [0.25, 0.3) is 0 Å². The third-order valence-electron chi connectivity index (χ3n) is 3.65. The van der Waals surface area contributed by atoms with Gasteiger partial charge in [-0.15, -0.1) is 12.4 Å². The van der Waals surface area contributed by atoms with E-state index in [1.165, 1.54) is 19.3 Å². The lowest BCUT2D eigenvalue weighted by Crippen LogP contribution is -2.39. The van der Waals surface area contributed by atoms with Crippen molar-refractivity contribution in [2.45, 2.75) is 39.2 Å². The molecule has 1 aromatic rings. The normalized spacial score (nSPS) is 17.1. The number of ether oxygens (including phenoxy) is 1. The van der Waals surface area contributed by atoms with Gasteiger partial charge < -0.3 is 4.74 Å². The Morgan fingerprint density at radius 1 is 1.14 bits per heavy atom. The van der Waals surface area contributed by atoms with Gasteiger partial charge in [-0.2, -0.15) is 0 Å².